The van der Waals surface area contributed by atoms with Crippen molar-refractivity contribution in [3.05, 3.63) is 81.3 Å². The van der Waals surface area contributed by atoms with E-state index >= 15 is 0 Å². The molecule has 0 amide bonds. The number of thiazole rings is 1. The Morgan fingerprint density at radius 3 is 2.41 bits per heavy atom. The van der Waals surface area contributed by atoms with Crippen LogP contribution in [0.3, 0.4) is 0 Å². The molecule has 1 fully saturated rings. The van der Waals surface area contributed by atoms with Gasteiger partial charge in [-0.1, -0.05) is 59.8 Å². The van der Waals surface area contributed by atoms with Crippen LogP contribution in [0.5, 0.6) is 0 Å². The first-order valence-electron chi connectivity index (χ1n) is 15.1. The number of pyridine rings is 1. The Morgan fingerprint density at radius 1 is 1.04 bits per heavy atom. The van der Waals surface area contributed by atoms with Crippen molar-refractivity contribution in [3.63, 3.8) is 0 Å². The van der Waals surface area contributed by atoms with E-state index in [0.29, 0.717) is 70.5 Å². The smallest absolute Gasteiger partial charge is 0.322 e. The second-order valence-electron chi connectivity index (χ2n) is 10.9. The van der Waals surface area contributed by atoms with Gasteiger partial charge in [-0.05, 0) is 61.9 Å². The van der Waals surface area contributed by atoms with E-state index in [-0.39, 0.29) is 6.61 Å². The number of rotatable bonds is 14. The molecular formula is C34H34ClN7O2S2. The number of ether oxygens (including phenoxy) is 1. The van der Waals surface area contributed by atoms with E-state index in [9.17, 15) is 15.3 Å². The number of anilines is 1. The van der Waals surface area contributed by atoms with Gasteiger partial charge in [-0.25, -0.2) is 9.97 Å². The molecule has 12 heteroatoms. The van der Waals surface area contributed by atoms with Gasteiger partial charge < -0.3 is 21.1 Å². The Bertz CT molecular complexity index is 1740. The number of nitrogens with zero attached hydrogens (tertiary/aromatic N) is 5. The minimum atomic E-state index is -0.649. The average molecular weight is 672 g/mol. The maximum atomic E-state index is 12.1. The van der Waals surface area contributed by atoms with Crippen molar-refractivity contribution in [2.24, 2.45) is 11.5 Å². The lowest BCUT2D eigenvalue weighted by atomic mass is 9.94. The second-order valence-corrected chi connectivity index (χ2v) is 13.1. The number of nitriles is 2. The number of aromatic nitrogens is 2. The molecule has 1 unspecified atom stereocenters. The van der Waals surface area contributed by atoms with E-state index < -0.39 is 12.0 Å². The number of hydrogen-bond acceptors (Lipinski definition) is 11. The minimum absolute atomic E-state index is 0.276. The molecule has 0 aliphatic carbocycles. The molecule has 5 rings (SSSR count). The average Bonchev–Trinajstić information content (AvgIpc) is 3.53. The Morgan fingerprint density at radius 2 is 1.76 bits per heavy atom. The van der Waals surface area contributed by atoms with Crippen LogP contribution in [0.1, 0.15) is 48.1 Å². The molecule has 1 aliphatic heterocycles. The van der Waals surface area contributed by atoms with E-state index in [2.05, 4.69) is 17.0 Å². The predicted molar refractivity (Wildman–Crippen MR) is 184 cm³/mol. The fourth-order valence-corrected chi connectivity index (χ4v) is 6.93. The molecule has 0 bridgehead atoms. The summed E-state index contributed by atoms with van der Waals surface area (Å²) in [5.41, 5.74) is 16.4. The van der Waals surface area contributed by atoms with Gasteiger partial charge in [0.25, 0.3) is 0 Å². The van der Waals surface area contributed by atoms with Gasteiger partial charge in [0.15, 0.2) is 0 Å². The molecule has 1 aliphatic rings. The normalized spacial score (nSPS) is 13.0. The lowest BCUT2D eigenvalue weighted by Gasteiger charge is -2.33. The summed E-state index contributed by atoms with van der Waals surface area (Å²) < 4.78 is 5.32. The SMILES string of the molecule is N#Cc1c(SCc2csc(-c3ccc(Cl)cc3)n2)nc(N2CCC2)c(C#N)c1-c1ccc(CCCOC(=O)C(N)CCCN)cc1. The van der Waals surface area contributed by atoms with Crippen LogP contribution in [0.2, 0.25) is 5.02 Å². The quantitative estimate of drug-likeness (QED) is 0.0885. The molecule has 4 aromatic rings. The molecule has 2 aromatic carbocycles. The number of carbonyl (C=O) groups excluding carboxylic acids is 1. The molecule has 9 nitrogen and oxygen atoms in total. The van der Waals surface area contributed by atoms with Crippen LogP contribution in [-0.2, 0) is 21.7 Å². The van der Waals surface area contributed by atoms with E-state index in [1.54, 1.807) is 11.3 Å². The Labute approximate surface area is 282 Å². The monoisotopic (exact) mass is 671 g/mol. The van der Waals surface area contributed by atoms with E-state index in [0.717, 1.165) is 46.9 Å². The zero-order valence-electron chi connectivity index (χ0n) is 25.2. The number of hydrogen-bond donors (Lipinski definition) is 2. The number of carbonyl (C=O) groups is 1. The summed E-state index contributed by atoms with van der Waals surface area (Å²) in [6.07, 6.45) is 3.56. The van der Waals surface area contributed by atoms with Crippen molar-refractivity contribution in [1.82, 2.24) is 9.97 Å². The summed E-state index contributed by atoms with van der Waals surface area (Å²) in [4.78, 5) is 23.8. The summed E-state index contributed by atoms with van der Waals surface area (Å²) in [6, 6.07) is 19.5. The van der Waals surface area contributed by atoms with Gasteiger partial charge in [0.2, 0.25) is 0 Å². The number of halogens is 1. The van der Waals surface area contributed by atoms with Gasteiger partial charge in [0, 0.05) is 40.4 Å². The van der Waals surface area contributed by atoms with Crippen LogP contribution >= 0.6 is 34.7 Å². The summed E-state index contributed by atoms with van der Waals surface area (Å²) in [5.74, 6) is 0.733. The summed E-state index contributed by atoms with van der Waals surface area (Å²) >= 11 is 9.05. The standard InChI is InChI=1S/C34H34ClN7O2S2/c35-25-12-10-24(11-13-25)32-40-26(20-45-32)21-46-33-28(19-38)30(27(18-37)31(41-33)42-15-3-16-42)23-8-6-22(7-9-23)4-2-17-44-34(43)29(39)5-1-14-36/h6-13,20,29H,1-5,14-17,21,36,39H2. The first-order valence-corrected chi connectivity index (χ1v) is 17.3. The highest BCUT2D eigenvalue weighted by molar-refractivity contribution is 7.98. The fourth-order valence-electron chi connectivity index (χ4n) is 5.00. The zero-order chi connectivity index (χ0) is 32.5. The Kier molecular flexibility index (Phi) is 11.6. The van der Waals surface area contributed by atoms with Crippen LogP contribution in [0.4, 0.5) is 5.82 Å². The van der Waals surface area contributed by atoms with Crippen LogP contribution in [0.25, 0.3) is 21.7 Å². The van der Waals surface area contributed by atoms with Crippen molar-refractivity contribution >= 4 is 46.5 Å². The summed E-state index contributed by atoms with van der Waals surface area (Å²) in [6.45, 7) is 2.39. The van der Waals surface area contributed by atoms with Crippen LogP contribution in [0.15, 0.2) is 58.9 Å². The highest BCUT2D eigenvalue weighted by Gasteiger charge is 2.27. The zero-order valence-corrected chi connectivity index (χ0v) is 27.6. The van der Waals surface area contributed by atoms with Gasteiger partial charge >= 0.3 is 5.97 Å². The van der Waals surface area contributed by atoms with Crippen molar-refractivity contribution in [1.29, 1.82) is 10.5 Å². The number of aryl methyl sites for hydroxylation is 1. The number of nitrogens with two attached hydrogens (primary N) is 2. The molecule has 46 heavy (non-hydrogen) atoms. The van der Waals surface area contributed by atoms with Crippen LogP contribution < -0.4 is 16.4 Å². The fraction of sp³-hybridized carbons (Fsp3) is 0.324. The number of thioether (sulfide) groups is 1. The van der Waals surface area contributed by atoms with Gasteiger partial charge in [-0.3, -0.25) is 4.79 Å². The van der Waals surface area contributed by atoms with Gasteiger partial charge in [-0.2, -0.15) is 10.5 Å². The van der Waals surface area contributed by atoms with Crippen molar-refractivity contribution in [2.45, 2.75) is 48.9 Å². The van der Waals surface area contributed by atoms with Crippen molar-refractivity contribution in [2.75, 3.05) is 31.1 Å². The molecule has 1 saturated heterocycles. The van der Waals surface area contributed by atoms with Crippen molar-refractivity contribution in [3.8, 4) is 33.8 Å². The Hall–Kier alpha value is -3.97. The summed E-state index contributed by atoms with van der Waals surface area (Å²) in [7, 11) is 0. The van der Waals surface area contributed by atoms with E-state index in [1.165, 1.54) is 11.8 Å². The lowest BCUT2D eigenvalue weighted by molar-refractivity contribution is -0.145. The minimum Gasteiger partial charge on any atom is -0.465 e. The second kappa shape index (κ2) is 16.0. The molecule has 0 saturated carbocycles. The van der Waals surface area contributed by atoms with Gasteiger partial charge in [0.05, 0.1) is 17.9 Å². The van der Waals surface area contributed by atoms with E-state index in [4.69, 9.17) is 37.8 Å². The maximum absolute atomic E-state index is 12.1. The van der Waals surface area contributed by atoms with E-state index in [1.807, 2.05) is 53.9 Å². The number of esters is 1. The maximum Gasteiger partial charge on any atom is 0.322 e. The number of benzene rings is 2. The molecule has 4 N–H and O–H groups in total. The van der Waals surface area contributed by atoms with Crippen LogP contribution in [0, 0.1) is 22.7 Å². The summed E-state index contributed by atoms with van der Waals surface area (Å²) in [5, 5.41) is 24.8. The largest absolute Gasteiger partial charge is 0.465 e. The third-order valence-corrected chi connectivity index (χ3v) is 9.84. The third kappa shape index (κ3) is 8.05. The molecule has 0 radical (unpaired) electrons. The van der Waals surface area contributed by atoms with Crippen LogP contribution in [-0.4, -0.2) is 48.2 Å². The van der Waals surface area contributed by atoms with Gasteiger partial charge in [0.1, 0.15) is 39.6 Å². The highest BCUT2D eigenvalue weighted by Crippen LogP contribution is 2.40. The lowest BCUT2D eigenvalue weighted by Crippen LogP contribution is -2.38. The first kappa shape index (κ1) is 33.4. The topological polar surface area (TPSA) is 155 Å². The predicted octanol–water partition coefficient (Wildman–Crippen LogP) is 6.31. The Balaban J connectivity index is 1.33. The molecule has 0 spiro atoms. The molecule has 2 aromatic heterocycles. The first-order chi connectivity index (χ1) is 22.4. The molecule has 236 valence electrons. The molecule has 3 heterocycles. The van der Waals surface area contributed by atoms with Crippen molar-refractivity contribution < 1.29 is 9.53 Å². The molecule has 1 atom stereocenters. The highest BCUT2D eigenvalue weighted by atomic mass is 35.5. The third-order valence-electron chi connectivity index (χ3n) is 7.64. The molecular weight excluding hydrogens is 638 g/mol. The van der Waals surface area contributed by atoms with Gasteiger partial charge in [-0.15, -0.1) is 11.3 Å².